The maximum Gasteiger partial charge on any atom is 0.223 e. The van der Waals surface area contributed by atoms with E-state index in [1.807, 2.05) is 0 Å². The third-order valence-corrected chi connectivity index (χ3v) is 5.90. The van der Waals surface area contributed by atoms with Gasteiger partial charge in [-0.2, -0.15) is 0 Å². The Morgan fingerprint density at radius 1 is 1.11 bits per heavy atom. The first-order valence-electron chi connectivity index (χ1n) is 10.3. The molecule has 5 heteroatoms. The number of carbonyl (C=O) groups excluding carboxylic acids is 1. The zero-order chi connectivity index (χ0) is 18.5. The summed E-state index contributed by atoms with van der Waals surface area (Å²) in [5.41, 5.74) is 2.61. The molecule has 2 aliphatic heterocycles. The van der Waals surface area contributed by atoms with Crippen LogP contribution >= 0.6 is 12.4 Å². The van der Waals surface area contributed by atoms with Gasteiger partial charge in [-0.3, -0.25) is 9.69 Å². The summed E-state index contributed by atoms with van der Waals surface area (Å²) >= 11 is 0. The Labute approximate surface area is 170 Å². The largest absolute Gasteiger partial charge is 0.352 e. The molecule has 2 heterocycles. The summed E-state index contributed by atoms with van der Waals surface area (Å²) in [7, 11) is 0. The first kappa shape index (κ1) is 22.2. The van der Waals surface area contributed by atoms with E-state index in [0.717, 1.165) is 37.8 Å². The van der Waals surface area contributed by atoms with Crippen LogP contribution in [0.1, 0.15) is 51.2 Å². The first-order chi connectivity index (χ1) is 12.5. The summed E-state index contributed by atoms with van der Waals surface area (Å²) < 4.78 is 0. The summed E-state index contributed by atoms with van der Waals surface area (Å²) in [6.07, 6.45) is 3.22. The van der Waals surface area contributed by atoms with Crippen molar-refractivity contribution in [1.29, 1.82) is 0 Å². The van der Waals surface area contributed by atoms with Crippen LogP contribution in [0.3, 0.4) is 0 Å². The molecule has 4 nitrogen and oxygen atoms in total. The topological polar surface area (TPSA) is 44.4 Å². The maximum atomic E-state index is 12.6. The second-order valence-electron chi connectivity index (χ2n) is 8.70. The first-order valence-corrected chi connectivity index (χ1v) is 10.3. The summed E-state index contributed by atoms with van der Waals surface area (Å²) in [5, 5.41) is 6.62. The summed E-state index contributed by atoms with van der Waals surface area (Å²) in [4.78, 5) is 15.1. The molecule has 152 valence electrons. The molecule has 2 fully saturated rings. The molecule has 4 atom stereocenters. The van der Waals surface area contributed by atoms with E-state index in [2.05, 4.69) is 60.6 Å². The Kier molecular flexibility index (Phi) is 8.59. The van der Waals surface area contributed by atoms with Crippen molar-refractivity contribution in [2.45, 2.75) is 59.2 Å². The van der Waals surface area contributed by atoms with E-state index < -0.39 is 0 Å². The van der Waals surface area contributed by atoms with E-state index in [9.17, 15) is 4.79 Å². The van der Waals surface area contributed by atoms with E-state index in [-0.39, 0.29) is 24.2 Å². The molecule has 1 aromatic rings. The zero-order valence-electron chi connectivity index (χ0n) is 17.0. The van der Waals surface area contributed by atoms with Gasteiger partial charge < -0.3 is 10.6 Å². The molecule has 0 radical (unpaired) electrons. The van der Waals surface area contributed by atoms with Gasteiger partial charge in [-0.1, -0.05) is 38.1 Å². The van der Waals surface area contributed by atoms with E-state index in [1.54, 1.807) is 0 Å². The Morgan fingerprint density at radius 2 is 1.78 bits per heavy atom. The molecule has 0 spiro atoms. The lowest BCUT2D eigenvalue weighted by Gasteiger charge is -2.35. The smallest absolute Gasteiger partial charge is 0.223 e. The molecule has 3 rings (SSSR count). The highest BCUT2D eigenvalue weighted by Gasteiger charge is 2.25. The van der Waals surface area contributed by atoms with Crippen LogP contribution in [-0.4, -0.2) is 36.5 Å². The van der Waals surface area contributed by atoms with Crippen LogP contribution in [-0.2, 0) is 17.9 Å². The zero-order valence-corrected chi connectivity index (χ0v) is 17.9. The fourth-order valence-electron chi connectivity index (χ4n) is 4.74. The van der Waals surface area contributed by atoms with Gasteiger partial charge in [-0.25, -0.2) is 0 Å². The minimum absolute atomic E-state index is 0. The van der Waals surface area contributed by atoms with Gasteiger partial charge in [0.15, 0.2) is 0 Å². The Balaban J connectivity index is 0.00000261. The van der Waals surface area contributed by atoms with Gasteiger partial charge in [-0.15, -0.1) is 12.4 Å². The number of amides is 1. The number of nitrogens with one attached hydrogen (secondary N) is 2. The molecule has 2 unspecified atom stereocenters. The van der Waals surface area contributed by atoms with Crippen LogP contribution < -0.4 is 10.6 Å². The standard InChI is InChI=1S/C22H35N3O.ClH/c1-16-10-17(2)14-25(13-16)15-21-7-5-4-6-20(21)12-24-22(26)19-8-9-23-18(3)11-19;/h4-7,16-19,23H,8-15H2,1-3H3,(H,24,26);1H/t16?,17?,18-,19-;/m0./s1. The van der Waals surface area contributed by atoms with Gasteiger partial charge >= 0.3 is 0 Å². The molecule has 2 N–H and O–H groups in total. The van der Waals surface area contributed by atoms with Crippen molar-refractivity contribution >= 4 is 18.3 Å². The number of piperidine rings is 2. The lowest BCUT2D eigenvalue weighted by Crippen LogP contribution is -2.42. The number of hydrogen-bond donors (Lipinski definition) is 2. The van der Waals surface area contributed by atoms with Crippen LogP contribution in [0.15, 0.2) is 24.3 Å². The molecular formula is C22H36ClN3O. The van der Waals surface area contributed by atoms with Crippen molar-refractivity contribution < 1.29 is 4.79 Å². The van der Waals surface area contributed by atoms with Gasteiger partial charge in [0.1, 0.15) is 0 Å². The number of carbonyl (C=O) groups is 1. The summed E-state index contributed by atoms with van der Waals surface area (Å²) in [6.45, 7) is 11.8. The summed E-state index contributed by atoms with van der Waals surface area (Å²) in [5.74, 6) is 1.91. The van der Waals surface area contributed by atoms with Crippen LogP contribution in [0.5, 0.6) is 0 Å². The summed E-state index contributed by atoms with van der Waals surface area (Å²) in [6, 6.07) is 9.02. The maximum absolute atomic E-state index is 12.6. The fourth-order valence-corrected chi connectivity index (χ4v) is 4.74. The fraction of sp³-hybridized carbons (Fsp3) is 0.682. The molecule has 27 heavy (non-hydrogen) atoms. The van der Waals surface area contributed by atoms with Gasteiger partial charge in [0.05, 0.1) is 0 Å². The minimum atomic E-state index is 0. The predicted octanol–water partition coefficient (Wildman–Crippen LogP) is 3.59. The van der Waals surface area contributed by atoms with Crippen molar-refractivity contribution in [3.63, 3.8) is 0 Å². The minimum Gasteiger partial charge on any atom is -0.352 e. The quantitative estimate of drug-likeness (QED) is 0.803. The van der Waals surface area contributed by atoms with E-state index in [4.69, 9.17) is 0 Å². The van der Waals surface area contributed by atoms with Gasteiger partial charge in [-0.05, 0) is 55.7 Å². The van der Waals surface area contributed by atoms with Crippen molar-refractivity contribution in [2.75, 3.05) is 19.6 Å². The molecule has 0 bridgehead atoms. The second-order valence-corrected chi connectivity index (χ2v) is 8.70. The second kappa shape index (κ2) is 10.4. The Bertz CT molecular complexity index is 599. The number of halogens is 1. The normalized spacial score (nSPS) is 29.0. The highest BCUT2D eigenvalue weighted by Crippen LogP contribution is 2.23. The highest BCUT2D eigenvalue weighted by atomic mass is 35.5. The number of hydrogen-bond acceptors (Lipinski definition) is 3. The average Bonchev–Trinajstić information content (AvgIpc) is 2.60. The van der Waals surface area contributed by atoms with Gasteiger partial charge in [0.2, 0.25) is 5.91 Å². The van der Waals surface area contributed by atoms with E-state index in [0.29, 0.717) is 12.6 Å². The Morgan fingerprint density at radius 3 is 2.44 bits per heavy atom. The van der Waals surface area contributed by atoms with E-state index >= 15 is 0 Å². The van der Waals surface area contributed by atoms with Crippen LogP contribution in [0, 0.1) is 17.8 Å². The molecule has 1 amide bonds. The van der Waals surface area contributed by atoms with Crippen molar-refractivity contribution in [3.8, 4) is 0 Å². The monoisotopic (exact) mass is 393 g/mol. The number of benzene rings is 1. The molecule has 2 saturated heterocycles. The van der Waals surface area contributed by atoms with Crippen molar-refractivity contribution in [2.24, 2.45) is 17.8 Å². The van der Waals surface area contributed by atoms with E-state index in [1.165, 1.54) is 30.6 Å². The molecule has 1 aromatic carbocycles. The van der Waals surface area contributed by atoms with Crippen molar-refractivity contribution in [3.05, 3.63) is 35.4 Å². The highest BCUT2D eigenvalue weighted by molar-refractivity contribution is 5.85. The van der Waals surface area contributed by atoms with Crippen LogP contribution in [0.4, 0.5) is 0 Å². The average molecular weight is 394 g/mol. The Hall–Kier alpha value is -1.10. The van der Waals surface area contributed by atoms with Gasteiger partial charge in [0.25, 0.3) is 0 Å². The molecule has 0 aromatic heterocycles. The number of rotatable bonds is 5. The number of likely N-dealkylation sites (tertiary alicyclic amines) is 1. The third-order valence-electron chi connectivity index (χ3n) is 5.90. The lowest BCUT2D eigenvalue weighted by molar-refractivity contribution is -0.126. The predicted molar refractivity (Wildman–Crippen MR) is 114 cm³/mol. The van der Waals surface area contributed by atoms with Crippen LogP contribution in [0.25, 0.3) is 0 Å². The van der Waals surface area contributed by atoms with Crippen LogP contribution in [0.2, 0.25) is 0 Å². The SMILES string of the molecule is CC1CC(C)CN(Cc2ccccc2CNC(=O)[C@H]2CCN[C@@H](C)C2)C1.Cl. The molecule has 0 saturated carbocycles. The molecule has 2 aliphatic rings. The molecular weight excluding hydrogens is 358 g/mol. The number of nitrogens with zero attached hydrogens (tertiary/aromatic N) is 1. The van der Waals surface area contributed by atoms with Crippen molar-refractivity contribution in [1.82, 2.24) is 15.5 Å². The molecule has 0 aliphatic carbocycles. The van der Waals surface area contributed by atoms with Gasteiger partial charge in [0, 0.05) is 38.1 Å². The third kappa shape index (κ3) is 6.48. The lowest BCUT2D eigenvalue weighted by atomic mass is 9.91.